The summed E-state index contributed by atoms with van der Waals surface area (Å²) in [5, 5.41) is 0. The van der Waals surface area contributed by atoms with Gasteiger partial charge in [-0.05, 0) is 13.3 Å². The minimum absolute atomic E-state index is 0.187. The first kappa shape index (κ1) is 12.6. The van der Waals surface area contributed by atoms with Gasteiger partial charge in [0.05, 0.1) is 19.6 Å². The summed E-state index contributed by atoms with van der Waals surface area (Å²) in [7, 11) is 2.98. The molecule has 0 saturated carbocycles. The highest BCUT2D eigenvalue weighted by Crippen LogP contribution is 2.33. The third kappa shape index (κ3) is 2.23. The molecular weight excluding hydrogens is 234 g/mol. The monoisotopic (exact) mass is 251 g/mol. The van der Waals surface area contributed by atoms with Crippen molar-refractivity contribution in [3.05, 3.63) is 12.3 Å². The van der Waals surface area contributed by atoms with Crippen LogP contribution in [0.3, 0.4) is 0 Å². The van der Waals surface area contributed by atoms with E-state index in [9.17, 15) is 4.79 Å². The van der Waals surface area contributed by atoms with Crippen LogP contribution in [0.15, 0.2) is 12.3 Å². The summed E-state index contributed by atoms with van der Waals surface area (Å²) in [6.07, 6.45) is 2.38. The lowest BCUT2D eigenvalue weighted by Gasteiger charge is -2.21. The van der Waals surface area contributed by atoms with Gasteiger partial charge in [-0.25, -0.2) is 4.98 Å². The number of ether oxygens (including phenoxy) is 2. The van der Waals surface area contributed by atoms with Gasteiger partial charge in [0.1, 0.15) is 0 Å². The fourth-order valence-corrected chi connectivity index (χ4v) is 2.14. The number of methoxy groups -OCH3 is 2. The molecule has 1 aliphatic heterocycles. The number of hydrogen-bond donors (Lipinski definition) is 0. The van der Waals surface area contributed by atoms with Crippen LogP contribution in [-0.2, 0) is 9.53 Å². The summed E-state index contributed by atoms with van der Waals surface area (Å²) in [5.74, 6) is 0.918. The standard InChI is InChI=1S/C12H17N3O3/c1-12(10(16)18-3)5-7-15(8-12)11-13-6-4-9(14-11)17-2/h4,6H,5,7-8H2,1-3H3. The minimum Gasteiger partial charge on any atom is -0.481 e. The van der Waals surface area contributed by atoms with Crippen molar-refractivity contribution in [2.24, 2.45) is 5.41 Å². The number of hydrogen-bond acceptors (Lipinski definition) is 6. The van der Waals surface area contributed by atoms with E-state index in [2.05, 4.69) is 9.97 Å². The molecule has 1 saturated heterocycles. The Labute approximate surface area is 106 Å². The topological polar surface area (TPSA) is 64.5 Å². The van der Waals surface area contributed by atoms with Gasteiger partial charge in [0.2, 0.25) is 11.8 Å². The number of carbonyl (C=O) groups is 1. The second-order valence-corrected chi connectivity index (χ2v) is 4.62. The Morgan fingerprint density at radius 1 is 1.50 bits per heavy atom. The molecule has 0 aromatic carbocycles. The normalized spacial score (nSPS) is 22.9. The molecule has 0 radical (unpaired) electrons. The number of nitrogens with zero attached hydrogens (tertiary/aromatic N) is 3. The molecule has 1 aliphatic rings. The Balaban J connectivity index is 2.15. The van der Waals surface area contributed by atoms with Crippen molar-refractivity contribution in [1.82, 2.24) is 9.97 Å². The lowest BCUT2D eigenvalue weighted by atomic mass is 9.90. The van der Waals surface area contributed by atoms with Crippen molar-refractivity contribution < 1.29 is 14.3 Å². The Morgan fingerprint density at radius 2 is 2.28 bits per heavy atom. The van der Waals surface area contributed by atoms with Crippen LogP contribution >= 0.6 is 0 Å². The third-order valence-electron chi connectivity index (χ3n) is 3.26. The fraction of sp³-hybridized carbons (Fsp3) is 0.583. The molecule has 1 unspecified atom stereocenters. The third-order valence-corrected chi connectivity index (χ3v) is 3.26. The number of esters is 1. The Bertz CT molecular complexity index is 452. The van der Waals surface area contributed by atoms with Gasteiger partial charge in [0.25, 0.3) is 0 Å². The van der Waals surface area contributed by atoms with Gasteiger partial charge >= 0.3 is 5.97 Å². The summed E-state index contributed by atoms with van der Waals surface area (Å²) < 4.78 is 9.90. The molecule has 2 heterocycles. The van der Waals surface area contributed by atoms with E-state index < -0.39 is 5.41 Å². The fourth-order valence-electron chi connectivity index (χ4n) is 2.14. The molecule has 0 aliphatic carbocycles. The van der Waals surface area contributed by atoms with E-state index in [1.807, 2.05) is 11.8 Å². The quantitative estimate of drug-likeness (QED) is 0.743. The Hall–Kier alpha value is -1.85. The van der Waals surface area contributed by atoms with Gasteiger partial charge in [-0.3, -0.25) is 4.79 Å². The minimum atomic E-state index is -0.485. The molecule has 2 rings (SSSR count). The molecule has 6 nitrogen and oxygen atoms in total. The number of aromatic nitrogens is 2. The van der Waals surface area contributed by atoms with Crippen LogP contribution in [0.5, 0.6) is 5.88 Å². The highest BCUT2D eigenvalue weighted by molar-refractivity contribution is 5.78. The van der Waals surface area contributed by atoms with E-state index in [0.29, 0.717) is 18.4 Å². The maximum Gasteiger partial charge on any atom is 0.313 e. The molecule has 98 valence electrons. The van der Waals surface area contributed by atoms with E-state index in [1.54, 1.807) is 19.4 Å². The van der Waals surface area contributed by atoms with Gasteiger partial charge in [-0.2, -0.15) is 4.98 Å². The zero-order valence-corrected chi connectivity index (χ0v) is 10.8. The van der Waals surface area contributed by atoms with Gasteiger partial charge < -0.3 is 14.4 Å². The van der Waals surface area contributed by atoms with Crippen molar-refractivity contribution in [2.45, 2.75) is 13.3 Å². The van der Waals surface area contributed by atoms with E-state index >= 15 is 0 Å². The summed E-state index contributed by atoms with van der Waals surface area (Å²) in [5.41, 5.74) is -0.485. The average molecular weight is 251 g/mol. The molecule has 0 N–H and O–H groups in total. The van der Waals surface area contributed by atoms with Crippen LogP contribution in [0.1, 0.15) is 13.3 Å². The highest BCUT2D eigenvalue weighted by Gasteiger charge is 2.42. The van der Waals surface area contributed by atoms with Gasteiger partial charge in [-0.1, -0.05) is 0 Å². The first-order valence-electron chi connectivity index (χ1n) is 5.79. The molecule has 1 atom stereocenters. The van der Waals surface area contributed by atoms with Crippen molar-refractivity contribution in [2.75, 3.05) is 32.2 Å². The smallest absolute Gasteiger partial charge is 0.313 e. The molecule has 6 heteroatoms. The Kier molecular flexibility index (Phi) is 3.36. The van der Waals surface area contributed by atoms with Gasteiger partial charge in [-0.15, -0.1) is 0 Å². The van der Waals surface area contributed by atoms with Crippen LogP contribution in [0, 0.1) is 5.41 Å². The molecular formula is C12H17N3O3. The molecule has 1 aromatic rings. The van der Waals surface area contributed by atoms with Crippen LogP contribution < -0.4 is 9.64 Å². The lowest BCUT2D eigenvalue weighted by molar-refractivity contribution is -0.150. The average Bonchev–Trinajstić information content (AvgIpc) is 2.82. The maximum absolute atomic E-state index is 11.7. The predicted octanol–water partition coefficient (Wildman–Crippen LogP) is 0.875. The predicted molar refractivity (Wildman–Crippen MR) is 65.5 cm³/mol. The number of carbonyl (C=O) groups excluding carboxylic acids is 1. The zero-order chi connectivity index (χ0) is 13.2. The van der Waals surface area contributed by atoms with E-state index in [0.717, 1.165) is 13.0 Å². The van der Waals surface area contributed by atoms with E-state index in [4.69, 9.17) is 9.47 Å². The van der Waals surface area contributed by atoms with E-state index in [-0.39, 0.29) is 5.97 Å². The summed E-state index contributed by atoms with van der Waals surface area (Å²) >= 11 is 0. The molecule has 0 spiro atoms. The summed E-state index contributed by atoms with van der Waals surface area (Å²) in [4.78, 5) is 22.2. The van der Waals surface area contributed by atoms with Crippen molar-refractivity contribution in [1.29, 1.82) is 0 Å². The van der Waals surface area contributed by atoms with Crippen LogP contribution in [0.4, 0.5) is 5.95 Å². The Morgan fingerprint density at radius 3 is 2.94 bits per heavy atom. The lowest BCUT2D eigenvalue weighted by Crippen LogP contribution is -2.33. The largest absolute Gasteiger partial charge is 0.481 e. The van der Waals surface area contributed by atoms with Crippen molar-refractivity contribution >= 4 is 11.9 Å². The summed E-state index contributed by atoms with van der Waals surface area (Å²) in [6, 6.07) is 1.69. The van der Waals surface area contributed by atoms with Gasteiger partial charge in [0.15, 0.2) is 0 Å². The van der Waals surface area contributed by atoms with Gasteiger partial charge in [0, 0.05) is 25.4 Å². The molecule has 18 heavy (non-hydrogen) atoms. The van der Waals surface area contributed by atoms with Crippen LogP contribution in [0.2, 0.25) is 0 Å². The molecule has 1 fully saturated rings. The van der Waals surface area contributed by atoms with Crippen LogP contribution in [-0.4, -0.2) is 43.2 Å². The second-order valence-electron chi connectivity index (χ2n) is 4.62. The maximum atomic E-state index is 11.7. The zero-order valence-electron chi connectivity index (χ0n) is 10.8. The first-order chi connectivity index (χ1) is 8.59. The van der Waals surface area contributed by atoms with Crippen molar-refractivity contribution in [3.8, 4) is 5.88 Å². The first-order valence-corrected chi connectivity index (χ1v) is 5.79. The number of rotatable bonds is 3. The highest BCUT2D eigenvalue weighted by atomic mass is 16.5. The van der Waals surface area contributed by atoms with Crippen molar-refractivity contribution in [3.63, 3.8) is 0 Å². The molecule has 1 aromatic heterocycles. The SMILES string of the molecule is COC(=O)C1(C)CCN(c2nccc(OC)n2)C1. The van der Waals surface area contributed by atoms with Crippen LogP contribution in [0.25, 0.3) is 0 Å². The van der Waals surface area contributed by atoms with E-state index in [1.165, 1.54) is 7.11 Å². The second kappa shape index (κ2) is 4.80. The molecule has 0 bridgehead atoms. The number of anilines is 1. The summed E-state index contributed by atoms with van der Waals surface area (Å²) in [6.45, 7) is 3.20. The molecule has 0 amide bonds.